The standard InChI is InChI=1S/C15H21FN2/c1-12(2)6-3-4-9-18-11-14-8-5-7-13(10-17)15(14)16/h5,7-8,12,18H,3-4,6,9,11H2,1-2H3. The minimum atomic E-state index is -0.394. The van der Waals surface area contributed by atoms with Crippen LogP contribution in [0.4, 0.5) is 4.39 Å². The molecule has 0 aliphatic rings. The number of benzene rings is 1. The van der Waals surface area contributed by atoms with Crippen molar-refractivity contribution in [1.82, 2.24) is 5.32 Å². The summed E-state index contributed by atoms with van der Waals surface area (Å²) in [5, 5.41) is 11.9. The van der Waals surface area contributed by atoms with E-state index in [1.54, 1.807) is 12.1 Å². The van der Waals surface area contributed by atoms with Crippen molar-refractivity contribution in [2.75, 3.05) is 6.54 Å². The molecule has 1 aromatic carbocycles. The van der Waals surface area contributed by atoms with E-state index < -0.39 is 5.82 Å². The first-order chi connectivity index (χ1) is 8.65. The zero-order chi connectivity index (χ0) is 13.4. The first kappa shape index (κ1) is 14.7. The topological polar surface area (TPSA) is 35.8 Å². The normalized spacial score (nSPS) is 10.6. The predicted molar refractivity (Wildman–Crippen MR) is 71.5 cm³/mol. The fourth-order valence-corrected chi connectivity index (χ4v) is 1.83. The van der Waals surface area contributed by atoms with E-state index in [2.05, 4.69) is 19.2 Å². The second kappa shape index (κ2) is 7.84. The van der Waals surface area contributed by atoms with Crippen molar-refractivity contribution in [1.29, 1.82) is 5.26 Å². The third-order valence-corrected chi connectivity index (χ3v) is 2.90. The molecule has 0 bridgehead atoms. The molecule has 98 valence electrons. The Hall–Kier alpha value is -1.40. The van der Waals surface area contributed by atoms with E-state index in [0.717, 1.165) is 18.9 Å². The number of hydrogen-bond donors (Lipinski definition) is 1. The van der Waals surface area contributed by atoms with Crippen LogP contribution >= 0.6 is 0 Å². The highest BCUT2D eigenvalue weighted by atomic mass is 19.1. The summed E-state index contributed by atoms with van der Waals surface area (Å²) in [6.07, 6.45) is 3.54. The van der Waals surface area contributed by atoms with Gasteiger partial charge in [-0.2, -0.15) is 5.26 Å². The molecule has 1 rings (SSSR count). The number of rotatable bonds is 7. The van der Waals surface area contributed by atoms with Gasteiger partial charge in [-0.25, -0.2) is 4.39 Å². The maximum atomic E-state index is 13.7. The lowest BCUT2D eigenvalue weighted by Gasteiger charge is -2.07. The van der Waals surface area contributed by atoms with E-state index in [4.69, 9.17) is 5.26 Å². The summed E-state index contributed by atoms with van der Waals surface area (Å²) in [6.45, 7) is 5.82. The lowest BCUT2D eigenvalue weighted by Crippen LogP contribution is -2.16. The van der Waals surface area contributed by atoms with Gasteiger partial charge in [0.05, 0.1) is 5.56 Å². The molecule has 0 aromatic heterocycles. The van der Waals surface area contributed by atoms with Crippen LogP contribution in [-0.4, -0.2) is 6.54 Å². The molecular formula is C15H21FN2. The maximum absolute atomic E-state index is 13.7. The Bertz CT molecular complexity index is 407. The average molecular weight is 248 g/mol. The van der Waals surface area contributed by atoms with Crippen molar-refractivity contribution >= 4 is 0 Å². The second-order valence-electron chi connectivity index (χ2n) is 4.96. The van der Waals surface area contributed by atoms with Crippen LogP contribution in [0.5, 0.6) is 0 Å². The zero-order valence-electron chi connectivity index (χ0n) is 11.2. The van der Waals surface area contributed by atoms with Crippen molar-refractivity contribution in [3.8, 4) is 6.07 Å². The van der Waals surface area contributed by atoms with Crippen molar-refractivity contribution in [3.63, 3.8) is 0 Å². The molecule has 0 heterocycles. The van der Waals surface area contributed by atoms with Crippen LogP contribution in [0.2, 0.25) is 0 Å². The number of unbranched alkanes of at least 4 members (excludes halogenated alkanes) is 1. The summed E-state index contributed by atoms with van der Waals surface area (Å²) in [4.78, 5) is 0. The summed E-state index contributed by atoms with van der Waals surface area (Å²) >= 11 is 0. The molecule has 0 fully saturated rings. The molecule has 0 saturated heterocycles. The Labute approximate surface area is 109 Å². The zero-order valence-corrected chi connectivity index (χ0v) is 11.2. The summed E-state index contributed by atoms with van der Waals surface area (Å²) < 4.78 is 13.7. The Balaban J connectivity index is 2.30. The van der Waals surface area contributed by atoms with Crippen LogP contribution in [0.1, 0.15) is 44.2 Å². The van der Waals surface area contributed by atoms with Gasteiger partial charge in [0.1, 0.15) is 11.9 Å². The van der Waals surface area contributed by atoms with Crippen LogP contribution in [0, 0.1) is 23.1 Å². The van der Waals surface area contributed by atoms with Gasteiger partial charge in [0.25, 0.3) is 0 Å². The molecule has 1 N–H and O–H groups in total. The van der Waals surface area contributed by atoms with Crippen LogP contribution < -0.4 is 5.32 Å². The van der Waals surface area contributed by atoms with Gasteiger partial charge in [0.2, 0.25) is 0 Å². The molecule has 2 nitrogen and oxygen atoms in total. The lowest BCUT2D eigenvalue weighted by atomic mass is 10.1. The molecule has 0 atom stereocenters. The minimum Gasteiger partial charge on any atom is -0.313 e. The van der Waals surface area contributed by atoms with E-state index in [1.807, 2.05) is 6.07 Å². The lowest BCUT2D eigenvalue weighted by molar-refractivity contribution is 0.516. The van der Waals surface area contributed by atoms with Gasteiger partial charge in [-0.3, -0.25) is 0 Å². The highest BCUT2D eigenvalue weighted by Crippen LogP contribution is 2.12. The highest BCUT2D eigenvalue weighted by molar-refractivity contribution is 5.34. The molecule has 0 amide bonds. The van der Waals surface area contributed by atoms with Crippen LogP contribution in [0.25, 0.3) is 0 Å². The Morgan fingerprint density at radius 3 is 2.78 bits per heavy atom. The summed E-state index contributed by atoms with van der Waals surface area (Å²) in [7, 11) is 0. The summed E-state index contributed by atoms with van der Waals surface area (Å²) in [5.74, 6) is 0.351. The average Bonchev–Trinajstić information content (AvgIpc) is 2.35. The number of halogens is 1. The quantitative estimate of drug-likeness (QED) is 0.748. The molecule has 0 aliphatic heterocycles. The second-order valence-corrected chi connectivity index (χ2v) is 4.96. The van der Waals surface area contributed by atoms with Gasteiger partial charge < -0.3 is 5.32 Å². The molecule has 0 saturated carbocycles. The van der Waals surface area contributed by atoms with Gasteiger partial charge >= 0.3 is 0 Å². The smallest absolute Gasteiger partial charge is 0.145 e. The van der Waals surface area contributed by atoms with Gasteiger partial charge in [-0.05, 0) is 24.9 Å². The van der Waals surface area contributed by atoms with Crippen molar-refractivity contribution in [2.24, 2.45) is 5.92 Å². The largest absolute Gasteiger partial charge is 0.313 e. The Morgan fingerprint density at radius 2 is 2.11 bits per heavy atom. The first-order valence-corrected chi connectivity index (χ1v) is 6.53. The summed E-state index contributed by atoms with van der Waals surface area (Å²) in [5.41, 5.74) is 0.687. The minimum absolute atomic E-state index is 0.120. The van der Waals surface area contributed by atoms with Gasteiger partial charge in [-0.1, -0.05) is 38.8 Å². The van der Waals surface area contributed by atoms with Gasteiger partial charge in [-0.15, -0.1) is 0 Å². The van der Waals surface area contributed by atoms with Crippen molar-refractivity contribution in [3.05, 3.63) is 35.1 Å². The molecule has 0 radical (unpaired) electrons. The maximum Gasteiger partial charge on any atom is 0.145 e. The predicted octanol–water partition coefficient (Wildman–Crippen LogP) is 3.61. The molecule has 3 heteroatoms. The summed E-state index contributed by atoms with van der Waals surface area (Å²) in [6, 6.07) is 6.80. The fourth-order valence-electron chi connectivity index (χ4n) is 1.83. The van der Waals surface area contributed by atoms with Crippen LogP contribution in [0.15, 0.2) is 18.2 Å². The Morgan fingerprint density at radius 1 is 1.33 bits per heavy atom. The first-order valence-electron chi connectivity index (χ1n) is 6.53. The SMILES string of the molecule is CC(C)CCCCNCc1cccc(C#N)c1F. The van der Waals surface area contributed by atoms with E-state index in [9.17, 15) is 4.39 Å². The number of nitriles is 1. The molecule has 0 aliphatic carbocycles. The number of hydrogen-bond acceptors (Lipinski definition) is 2. The third-order valence-electron chi connectivity index (χ3n) is 2.90. The van der Waals surface area contributed by atoms with Crippen LogP contribution in [-0.2, 0) is 6.54 Å². The fraction of sp³-hybridized carbons (Fsp3) is 0.533. The molecule has 1 aromatic rings. The molecular weight excluding hydrogens is 227 g/mol. The van der Waals surface area contributed by atoms with Crippen molar-refractivity contribution in [2.45, 2.75) is 39.7 Å². The third kappa shape index (κ3) is 4.85. The number of nitrogens with one attached hydrogen (secondary N) is 1. The molecule has 0 unspecified atom stereocenters. The van der Waals surface area contributed by atoms with E-state index >= 15 is 0 Å². The van der Waals surface area contributed by atoms with E-state index in [0.29, 0.717) is 12.1 Å². The number of nitrogens with zero attached hydrogens (tertiary/aromatic N) is 1. The molecule has 0 spiro atoms. The van der Waals surface area contributed by atoms with Crippen LogP contribution in [0.3, 0.4) is 0 Å². The Kier molecular flexibility index (Phi) is 6.38. The monoisotopic (exact) mass is 248 g/mol. The van der Waals surface area contributed by atoms with Crippen molar-refractivity contribution < 1.29 is 4.39 Å². The van der Waals surface area contributed by atoms with E-state index in [-0.39, 0.29) is 5.56 Å². The molecule has 18 heavy (non-hydrogen) atoms. The van der Waals surface area contributed by atoms with Gasteiger partial charge in [0.15, 0.2) is 0 Å². The highest BCUT2D eigenvalue weighted by Gasteiger charge is 2.06. The van der Waals surface area contributed by atoms with Gasteiger partial charge in [0, 0.05) is 12.1 Å². The van der Waals surface area contributed by atoms with E-state index in [1.165, 1.54) is 18.9 Å².